The van der Waals surface area contributed by atoms with E-state index in [-0.39, 0.29) is 17.9 Å². The molecule has 2 rings (SSSR count). The highest BCUT2D eigenvalue weighted by molar-refractivity contribution is 6.31. The van der Waals surface area contributed by atoms with Crippen LogP contribution in [-0.4, -0.2) is 47.1 Å². The van der Waals surface area contributed by atoms with Crippen LogP contribution in [0, 0.1) is 6.92 Å². The summed E-state index contributed by atoms with van der Waals surface area (Å²) in [4.78, 5) is 35.7. The number of ether oxygens (including phenoxy) is 2. The number of carbonyl (C=O) groups is 3. The normalized spacial score (nSPS) is 10.2. The Morgan fingerprint density at radius 3 is 2.48 bits per heavy atom. The van der Waals surface area contributed by atoms with Crippen molar-refractivity contribution in [1.82, 2.24) is 15.0 Å². The summed E-state index contributed by atoms with van der Waals surface area (Å²) in [6.07, 6.45) is 0. The van der Waals surface area contributed by atoms with E-state index in [2.05, 4.69) is 25.1 Å². The Balaban J connectivity index is 2.22. The number of aromatic nitrogens is 3. The molecule has 0 aliphatic carbocycles. The van der Waals surface area contributed by atoms with E-state index < -0.39 is 17.8 Å². The van der Waals surface area contributed by atoms with Gasteiger partial charge in [-0.15, -0.1) is 5.10 Å². The van der Waals surface area contributed by atoms with E-state index in [1.54, 1.807) is 18.2 Å². The number of benzene rings is 1. The maximum atomic E-state index is 12.2. The van der Waals surface area contributed by atoms with E-state index >= 15 is 0 Å². The number of anilines is 1. The molecule has 0 radical (unpaired) electrons. The number of halogens is 1. The largest absolute Gasteiger partial charge is 0.464 e. The SMILES string of the molecule is COC(=O)c1nnn(CC(=O)Nc2ccc(C)c(Cl)c2)c1C(=O)OC. The molecule has 1 aromatic heterocycles. The average Bonchev–Trinajstić information content (AvgIpc) is 3.00. The Morgan fingerprint density at radius 1 is 1.20 bits per heavy atom. The lowest BCUT2D eigenvalue weighted by atomic mass is 10.2. The van der Waals surface area contributed by atoms with Crippen molar-refractivity contribution in [3.05, 3.63) is 40.2 Å². The Morgan fingerprint density at radius 2 is 1.88 bits per heavy atom. The molecule has 25 heavy (non-hydrogen) atoms. The maximum Gasteiger partial charge on any atom is 0.361 e. The van der Waals surface area contributed by atoms with Gasteiger partial charge in [0.15, 0.2) is 5.69 Å². The molecule has 0 atom stereocenters. The van der Waals surface area contributed by atoms with E-state index in [9.17, 15) is 14.4 Å². The Bertz CT molecular complexity index is 833. The Kier molecular flexibility index (Phi) is 5.71. The molecule has 0 fully saturated rings. The summed E-state index contributed by atoms with van der Waals surface area (Å²) in [7, 11) is 2.27. The van der Waals surface area contributed by atoms with Gasteiger partial charge in [0.1, 0.15) is 6.54 Å². The number of amides is 1. The average molecular weight is 367 g/mol. The molecule has 0 unspecified atom stereocenters. The first-order valence-corrected chi connectivity index (χ1v) is 7.41. The van der Waals surface area contributed by atoms with Crippen LogP contribution < -0.4 is 5.32 Å². The monoisotopic (exact) mass is 366 g/mol. The van der Waals surface area contributed by atoms with Gasteiger partial charge < -0.3 is 14.8 Å². The molecule has 9 nitrogen and oxygen atoms in total. The number of nitrogens with zero attached hydrogens (tertiary/aromatic N) is 3. The van der Waals surface area contributed by atoms with Gasteiger partial charge in [-0.3, -0.25) is 4.79 Å². The predicted molar refractivity (Wildman–Crippen MR) is 87.5 cm³/mol. The fourth-order valence-electron chi connectivity index (χ4n) is 1.96. The van der Waals surface area contributed by atoms with E-state index in [1.165, 1.54) is 0 Å². The minimum atomic E-state index is -0.864. The van der Waals surface area contributed by atoms with Crippen LogP contribution in [0.2, 0.25) is 5.02 Å². The molecule has 0 saturated carbocycles. The summed E-state index contributed by atoms with van der Waals surface area (Å²) in [6.45, 7) is 1.47. The molecule has 0 saturated heterocycles. The van der Waals surface area contributed by atoms with Crippen LogP contribution in [0.15, 0.2) is 18.2 Å². The van der Waals surface area contributed by atoms with Gasteiger partial charge >= 0.3 is 11.9 Å². The lowest BCUT2D eigenvalue weighted by Crippen LogP contribution is -2.23. The third-order valence-electron chi connectivity index (χ3n) is 3.24. The number of aryl methyl sites for hydroxylation is 1. The molecule has 1 amide bonds. The van der Waals surface area contributed by atoms with Gasteiger partial charge in [0.05, 0.1) is 14.2 Å². The zero-order chi connectivity index (χ0) is 18.6. The molecule has 10 heteroatoms. The Labute approximate surface area is 147 Å². The number of hydrogen-bond acceptors (Lipinski definition) is 7. The highest BCUT2D eigenvalue weighted by atomic mass is 35.5. The van der Waals surface area contributed by atoms with Crippen molar-refractivity contribution < 1.29 is 23.9 Å². The van der Waals surface area contributed by atoms with E-state index in [0.717, 1.165) is 24.5 Å². The van der Waals surface area contributed by atoms with Crippen LogP contribution in [0.4, 0.5) is 5.69 Å². The number of esters is 2. The molecule has 0 aliphatic heterocycles. The highest BCUT2D eigenvalue weighted by Crippen LogP contribution is 2.20. The van der Waals surface area contributed by atoms with Gasteiger partial charge in [0.25, 0.3) is 0 Å². The predicted octanol–water partition coefficient (Wildman–Crippen LogP) is 1.45. The molecule has 0 bridgehead atoms. The molecule has 1 aromatic carbocycles. The van der Waals surface area contributed by atoms with Gasteiger partial charge in [-0.25, -0.2) is 14.3 Å². The van der Waals surface area contributed by atoms with Gasteiger partial charge in [-0.1, -0.05) is 22.9 Å². The fraction of sp³-hybridized carbons (Fsp3) is 0.267. The van der Waals surface area contributed by atoms with Crippen molar-refractivity contribution in [2.75, 3.05) is 19.5 Å². The van der Waals surface area contributed by atoms with Crippen molar-refractivity contribution in [3.63, 3.8) is 0 Å². The summed E-state index contributed by atoms with van der Waals surface area (Å²) >= 11 is 6.01. The van der Waals surface area contributed by atoms with Crippen LogP contribution in [0.1, 0.15) is 26.5 Å². The summed E-state index contributed by atoms with van der Waals surface area (Å²) in [6, 6.07) is 5.03. The number of rotatable bonds is 5. The van der Waals surface area contributed by atoms with Crippen LogP contribution >= 0.6 is 11.6 Å². The lowest BCUT2D eigenvalue weighted by molar-refractivity contribution is -0.116. The third kappa shape index (κ3) is 4.13. The van der Waals surface area contributed by atoms with E-state index in [1.807, 2.05) is 6.92 Å². The number of carbonyl (C=O) groups excluding carboxylic acids is 3. The summed E-state index contributed by atoms with van der Waals surface area (Å²) in [5.41, 5.74) is 0.743. The Hall–Kier alpha value is -2.94. The second-order valence-electron chi connectivity index (χ2n) is 4.94. The maximum absolute atomic E-state index is 12.2. The minimum absolute atomic E-state index is 0.272. The summed E-state index contributed by atoms with van der Waals surface area (Å²) < 4.78 is 10.1. The smallest absolute Gasteiger partial charge is 0.361 e. The fourth-order valence-corrected chi connectivity index (χ4v) is 2.14. The van der Waals surface area contributed by atoms with Gasteiger partial charge in [-0.05, 0) is 24.6 Å². The van der Waals surface area contributed by atoms with Gasteiger partial charge in [0, 0.05) is 10.7 Å². The molecular weight excluding hydrogens is 352 g/mol. The molecule has 132 valence electrons. The quantitative estimate of drug-likeness (QED) is 0.797. The number of methoxy groups -OCH3 is 2. The van der Waals surface area contributed by atoms with Crippen LogP contribution in [0.3, 0.4) is 0 Å². The van der Waals surface area contributed by atoms with Crippen molar-refractivity contribution in [3.8, 4) is 0 Å². The zero-order valence-electron chi connectivity index (χ0n) is 13.7. The molecule has 2 aromatic rings. The molecule has 1 heterocycles. The second-order valence-corrected chi connectivity index (χ2v) is 5.35. The highest BCUT2D eigenvalue weighted by Gasteiger charge is 2.27. The van der Waals surface area contributed by atoms with Crippen LogP contribution in [-0.2, 0) is 20.8 Å². The second kappa shape index (κ2) is 7.75. The number of hydrogen-bond donors (Lipinski definition) is 1. The topological polar surface area (TPSA) is 112 Å². The molecule has 0 spiro atoms. The van der Waals surface area contributed by atoms with E-state index in [4.69, 9.17) is 11.6 Å². The standard InChI is InChI=1S/C15H15ClN4O5/c1-8-4-5-9(6-10(8)16)17-11(21)7-20-13(15(23)25-3)12(18-19-20)14(22)24-2/h4-6H,7H2,1-3H3,(H,17,21). The molecule has 0 aliphatic rings. The first-order valence-electron chi connectivity index (χ1n) is 7.03. The first-order chi connectivity index (χ1) is 11.9. The first kappa shape index (κ1) is 18.4. The van der Waals surface area contributed by atoms with Gasteiger partial charge in [-0.2, -0.15) is 0 Å². The van der Waals surface area contributed by atoms with Crippen molar-refractivity contribution in [2.24, 2.45) is 0 Å². The van der Waals surface area contributed by atoms with Crippen molar-refractivity contribution in [1.29, 1.82) is 0 Å². The molecular formula is C15H15ClN4O5. The third-order valence-corrected chi connectivity index (χ3v) is 3.65. The van der Waals surface area contributed by atoms with Crippen molar-refractivity contribution in [2.45, 2.75) is 13.5 Å². The summed E-state index contributed by atoms with van der Waals surface area (Å²) in [5, 5.41) is 10.3. The summed E-state index contributed by atoms with van der Waals surface area (Å²) in [5.74, 6) is -2.22. The number of nitrogens with one attached hydrogen (secondary N) is 1. The molecule has 1 N–H and O–H groups in total. The lowest BCUT2D eigenvalue weighted by Gasteiger charge is -2.08. The van der Waals surface area contributed by atoms with Crippen molar-refractivity contribution >= 4 is 35.1 Å². The van der Waals surface area contributed by atoms with Crippen LogP contribution in [0.5, 0.6) is 0 Å². The minimum Gasteiger partial charge on any atom is -0.464 e. The van der Waals surface area contributed by atoms with Gasteiger partial charge in [0.2, 0.25) is 11.6 Å². The van der Waals surface area contributed by atoms with Crippen LogP contribution in [0.25, 0.3) is 0 Å². The zero-order valence-corrected chi connectivity index (χ0v) is 14.5. The van der Waals surface area contributed by atoms with E-state index in [0.29, 0.717) is 10.7 Å².